The van der Waals surface area contributed by atoms with Gasteiger partial charge in [-0.1, -0.05) is 6.92 Å². The second-order valence-electron chi connectivity index (χ2n) is 4.31. The van der Waals surface area contributed by atoms with E-state index in [0.29, 0.717) is 24.7 Å². The summed E-state index contributed by atoms with van der Waals surface area (Å²) in [5.41, 5.74) is 0. The smallest absolute Gasteiger partial charge is 0.152 e. The van der Waals surface area contributed by atoms with Crippen LogP contribution >= 0.6 is 0 Å². The third kappa shape index (κ3) is 3.83. The molecule has 0 aliphatic carbocycles. The van der Waals surface area contributed by atoms with Gasteiger partial charge in [-0.15, -0.1) is 0 Å². The van der Waals surface area contributed by atoms with E-state index >= 15 is 0 Å². The lowest BCUT2D eigenvalue weighted by Crippen LogP contribution is -2.34. The Morgan fingerprint density at radius 2 is 2.11 bits per heavy atom. The standard InChI is InChI=1S/C12H21NO4S/c1-5-13-12(9(2)18(4,14)15)11-7-6-10(17-11)8-16-3/h6-7,9,12-13H,5,8H2,1-4H3. The first-order valence-corrected chi connectivity index (χ1v) is 7.85. The molecule has 0 aromatic carbocycles. The lowest BCUT2D eigenvalue weighted by molar-refractivity contribution is 0.161. The summed E-state index contributed by atoms with van der Waals surface area (Å²) in [6.45, 7) is 4.67. The van der Waals surface area contributed by atoms with Gasteiger partial charge in [0.05, 0.1) is 11.3 Å². The molecule has 1 heterocycles. The molecule has 2 unspecified atom stereocenters. The van der Waals surface area contributed by atoms with Crippen LogP contribution in [0.5, 0.6) is 0 Å². The topological polar surface area (TPSA) is 68.5 Å². The highest BCUT2D eigenvalue weighted by Crippen LogP contribution is 2.24. The maximum atomic E-state index is 11.6. The van der Waals surface area contributed by atoms with Crippen molar-refractivity contribution in [3.63, 3.8) is 0 Å². The van der Waals surface area contributed by atoms with Gasteiger partial charge < -0.3 is 14.5 Å². The van der Waals surface area contributed by atoms with Gasteiger partial charge >= 0.3 is 0 Å². The van der Waals surface area contributed by atoms with Crippen molar-refractivity contribution in [1.82, 2.24) is 5.32 Å². The average Bonchev–Trinajstić information content (AvgIpc) is 2.72. The third-order valence-corrected chi connectivity index (χ3v) is 4.47. The largest absolute Gasteiger partial charge is 0.462 e. The van der Waals surface area contributed by atoms with Crippen LogP contribution in [0.15, 0.2) is 16.5 Å². The lowest BCUT2D eigenvalue weighted by atomic mass is 10.1. The van der Waals surface area contributed by atoms with Crippen molar-refractivity contribution >= 4 is 9.84 Å². The third-order valence-electron chi connectivity index (χ3n) is 2.84. The van der Waals surface area contributed by atoms with Crippen LogP contribution in [-0.4, -0.2) is 33.6 Å². The van der Waals surface area contributed by atoms with Gasteiger partial charge in [0.1, 0.15) is 18.1 Å². The highest BCUT2D eigenvalue weighted by atomic mass is 32.2. The molecule has 0 fully saturated rings. The van der Waals surface area contributed by atoms with Crippen LogP contribution in [0, 0.1) is 0 Å². The number of sulfone groups is 1. The summed E-state index contributed by atoms with van der Waals surface area (Å²) >= 11 is 0. The van der Waals surface area contributed by atoms with Gasteiger partial charge in [0.2, 0.25) is 0 Å². The minimum absolute atomic E-state index is 0.337. The van der Waals surface area contributed by atoms with E-state index in [1.165, 1.54) is 6.26 Å². The van der Waals surface area contributed by atoms with Crippen molar-refractivity contribution in [2.45, 2.75) is 31.7 Å². The number of ether oxygens (including phenoxy) is 1. The molecule has 0 aliphatic rings. The fraction of sp³-hybridized carbons (Fsp3) is 0.667. The monoisotopic (exact) mass is 275 g/mol. The minimum atomic E-state index is -3.13. The van der Waals surface area contributed by atoms with Gasteiger partial charge in [0.25, 0.3) is 0 Å². The Morgan fingerprint density at radius 1 is 1.44 bits per heavy atom. The summed E-state index contributed by atoms with van der Waals surface area (Å²) in [6, 6.07) is 3.26. The van der Waals surface area contributed by atoms with Crippen LogP contribution in [0.3, 0.4) is 0 Å². The van der Waals surface area contributed by atoms with Crippen LogP contribution in [0.25, 0.3) is 0 Å². The average molecular weight is 275 g/mol. The van der Waals surface area contributed by atoms with Crippen molar-refractivity contribution in [3.05, 3.63) is 23.7 Å². The number of methoxy groups -OCH3 is 1. The number of hydrogen-bond donors (Lipinski definition) is 1. The van der Waals surface area contributed by atoms with Gasteiger partial charge in [-0.3, -0.25) is 0 Å². The maximum Gasteiger partial charge on any atom is 0.152 e. The molecule has 0 spiro atoms. The van der Waals surface area contributed by atoms with E-state index < -0.39 is 15.1 Å². The van der Waals surface area contributed by atoms with Crippen molar-refractivity contribution < 1.29 is 17.6 Å². The van der Waals surface area contributed by atoms with Gasteiger partial charge in [0, 0.05) is 13.4 Å². The molecule has 5 nitrogen and oxygen atoms in total. The normalized spacial score (nSPS) is 15.6. The van der Waals surface area contributed by atoms with Crippen molar-refractivity contribution in [2.75, 3.05) is 19.9 Å². The second kappa shape index (κ2) is 6.36. The fourth-order valence-corrected chi connectivity index (χ4v) is 2.47. The summed E-state index contributed by atoms with van der Waals surface area (Å²) in [6.07, 6.45) is 1.24. The Balaban J connectivity index is 2.96. The molecule has 0 bridgehead atoms. The molecule has 0 saturated heterocycles. The van der Waals surface area contributed by atoms with E-state index in [2.05, 4.69) is 5.32 Å². The highest BCUT2D eigenvalue weighted by Gasteiger charge is 2.29. The summed E-state index contributed by atoms with van der Waals surface area (Å²) in [4.78, 5) is 0. The van der Waals surface area contributed by atoms with Crippen molar-refractivity contribution in [1.29, 1.82) is 0 Å². The van der Waals surface area contributed by atoms with Crippen molar-refractivity contribution in [2.24, 2.45) is 0 Å². The van der Waals surface area contributed by atoms with Crippen LogP contribution in [0.4, 0.5) is 0 Å². The molecule has 104 valence electrons. The van der Waals surface area contributed by atoms with E-state index in [1.54, 1.807) is 26.2 Å². The molecule has 1 rings (SSSR count). The molecule has 2 atom stereocenters. The summed E-state index contributed by atoms with van der Waals surface area (Å²) in [7, 11) is -1.54. The molecule has 1 aromatic heterocycles. The first-order chi connectivity index (χ1) is 8.40. The van der Waals surface area contributed by atoms with Crippen LogP contribution < -0.4 is 5.32 Å². The summed E-state index contributed by atoms with van der Waals surface area (Å²) in [5.74, 6) is 1.32. The van der Waals surface area contributed by atoms with Gasteiger partial charge in [-0.05, 0) is 25.6 Å². The van der Waals surface area contributed by atoms with Crippen molar-refractivity contribution in [3.8, 4) is 0 Å². The van der Waals surface area contributed by atoms with E-state index in [0.717, 1.165) is 0 Å². The highest BCUT2D eigenvalue weighted by molar-refractivity contribution is 7.91. The van der Waals surface area contributed by atoms with E-state index in [4.69, 9.17) is 9.15 Å². The molecular weight excluding hydrogens is 254 g/mol. The SMILES string of the molecule is CCNC(c1ccc(COC)o1)C(C)S(C)(=O)=O. The quantitative estimate of drug-likeness (QED) is 0.817. The Kier molecular flexibility index (Phi) is 5.37. The molecule has 0 radical (unpaired) electrons. The second-order valence-corrected chi connectivity index (χ2v) is 6.71. The Morgan fingerprint density at radius 3 is 2.61 bits per heavy atom. The molecule has 0 saturated carbocycles. The first-order valence-electron chi connectivity index (χ1n) is 5.90. The Labute approximate surface area is 108 Å². The molecule has 1 N–H and O–H groups in total. The zero-order valence-electron chi connectivity index (χ0n) is 11.3. The van der Waals surface area contributed by atoms with E-state index in [-0.39, 0.29) is 6.04 Å². The number of hydrogen-bond acceptors (Lipinski definition) is 5. The van der Waals surface area contributed by atoms with Crippen LogP contribution in [0.2, 0.25) is 0 Å². The molecule has 18 heavy (non-hydrogen) atoms. The number of nitrogens with one attached hydrogen (secondary N) is 1. The molecule has 6 heteroatoms. The predicted octanol–water partition coefficient (Wildman–Crippen LogP) is 1.51. The van der Waals surface area contributed by atoms with Gasteiger partial charge in [0.15, 0.2) is 9.84 Å². The number of furan rings is 1. The molecule has 1 aromatic rings. The van der Waals surface area contributed by atoms with E-state index in [1.807, 2.05) is 6.92 Å². The summed E-state index contributed by atoms with van der Waals surface area (Å²) < 4.78 is 33.9. The van der Waals surface area contributed by atoms with Gasteiger partial charge in [-0.2, -0.15) is 0 Å². The number of rotatable bonds is 7. The van der Waals surface area contributed by atoms with Gasteiger partial charge in [-0.25, -0.2) is 8.42 Å². The van der Waals surface area contributed by atoms with E-state index in [9.17, 15) is 8.42 Å². The summed E-state index contributed by atoms with van der Waals surface area (Å²) in [5, 5.41) is 2.60. The molecule has 0 aliphatic heterocycles. The predicted molar refractivity (Wildman–Crippen MR) is 70.1 cm³/mol. The zero-order valence-corrected chi connectivity index (χ0v) is 12.1. The maximum absolute atomic E-state index is 11.6. The Hall–Kier alpha value is -0.850. The minimum Gasteiger partial charge on any atom is -0.462 e. The van der Waals surface area contributed by atoms with Crippen LogP contribution in [-0.2, 0) is 21.2 Å². The van der Waals surface area contributed by atoms with Crippen LogP contribution in [0.1, 0.15) is 31.4 Å². The first kappa shape index (κ1) is 15.2. The lowest BCUT2D eigenvalue weighted by Gasteiger charge is -2.21. The zero-order chi connectivity index (χ0) is 13.8. The fourth-order valence-electron chi connectivity index (χ4n) is 1.75. The molecular formula is C12H21NO4S. The Bertz CT molecular complexity index is 466. The molecule has 0 amide bonds.